The maximum atomic E-state index is 5.50. The first-order chi connectivity index (χ1) is 15.3. The summed E-state index contributed by atoms with van der Waals surface area (Å²) >= 11 is 5.50. The van der Waals surface area contributed by atoms with Crippen molar-refractivity contribution in [2.75, 3.05) is 74.3 Å². The quantitative estimate of drug-likeness (QED) is 0.495. The monoisotopic (exact) mass is 442 g/mol. The van der Waals surface area contributed by atoms with Gasteiger partial charge in [0.05, 0.1) is 26.4 Å². The fourth-order valence-corrected chi connectivity index (χ4v) is 3.87. The van der Waals surface area contributed by atoms with Crippen LogP contribution in [0.4, 0.5) is 17.6 Å². The molecule has 0 radical (unpaired) electrons. The van der Waals surface area contributed by atoms with Gasteiger partial charge in [-0.1, -0.05) is 30.3 Å². The van der Waals surface area contributed by atoms with Crippen molar-refractivity contribution in [3.8, 4) is 0 Å². The maximum absolute atomic E-state index is 5.50. The van der Waals surface area contributed by atoms with Crippen molar-refractivity contribution in [1.29, 1.82) is 0 Å². The summed E-state index contributed by atoms with van der Waals surface area (Å²) in [4.78, 5) is 13.9. The average molecular weight is 443 g/mol. The molecular weight excluding hydrogens is 412 g/mol. The molecule has 2 aromatic rings. The third-order valence-electron chi connectivity index (χ3n) is 5.37. The molecule has 2 N–H and O–H groups in total. The predicted octanol–water partition coefficient (Wildman–Crippen LogP) is 2.07. The van der Waals surface area contributed by atoms with Crippen LogP contribution < -0.4 is 20.4 Å². The van der Waals surface area contributed by atoms with Crippen LogP contribution in [0.3, 0.4) is 0 Å². The number of hydrogen-bond donors (Lipinski definition) is 2. The largest absolute Gasteiger partial charge is 0.378 e. The molecule has 2 aliphatic rings. The number of morpholine rings is 2. The number of hydrogen-bond acceptors (Lipinski definition) is 7. The summed E-state index contributed by atoms with van der Waals surface area (Å²) in [7, 11) is 0. The van der Waals surface area contributed by atoms with Crippen molar-refractivity contribution in [3.05, 3.63) is 42.0 Å². The second-order valence-electron chi connectivity index (χ2n) is 7.58. The molecule has 2 saturated heterocycles. The number of nitrogens with zero attached hydrogens (tertiary/aromatic N) is 4. The van der Waals surface area contributed by atoms with Gasteiger partial charge in [-0.3, -0.25) is 0 Å². The minimum absolute atomic E-state index is 0.519. The van der Waals surface area contributed by atoms with Gasteiger partial charge in [-0.2, -0.15) is 9.97 Å². The van der Waals surface area contributed by atoms with Crippen LogP contribution in [-0.4, -0.2) is 74.2 Å². The Kier molecular flexibility index (Phi) is 7.87. The summed E-state index contributed by atoms with van der Waals surface area (Å²) < 4.78 is 11.0. The van der Waals surface area contributed by atoms with E-state index in [4.69, 9.17) is 31.7 Å². The summed E-state index contributed by atoms with van der Waals surface area (Å²) in [5.74, 6) is 2.31. The first-order valence-electron chi connectivity index (χ1n) is 10.9. The van der Waals surface area contributed by atoms with Crippen molar-refractivity contribution in [2.24, 2.45) is 0 Å². The number of rotatable bonds is 7. The fourth-order valence-electron chi connectivity index (χ4n) is 3.67. The van der Waals surface area contributed by atoms with Gasteiger partial charge >= 0.3 is 0 Å². The van der Waals surface area contributed by atoms with Gasteiger partial charge in [-0.15, -0.1) is 0 Å². The van der Waals surface area contributed by atoms with Crippen molar-refractivity contribution >= 4 is 34.9 Å². The molecule has 8 nitrogen and oxygen atoms in total. The predicted molar refractivity (Wildman–Crippen MR) is 127 cm³/mol. The molecule has 0 aliphatic carbocycles. The first kappa shape index (κ1) is 21.7. The highest BCUT2D eigenvalue weighted by atomic mass is 32.1. The van der Waals surface area contributed by atoms with Gasteiger partial charge in [0.25, 0.3) is 0 Å². The zero-order chi connectivity index (χ0) is 21.3. The minimum Gasteiger partial charge on any atom is -0.378 e. The highest BCUT2D eigenvalue weighted by Crippen LogP contribution is 2.23. The van der Waals surface area contributed by atoms with E-state index in [1.807, 2.05) is 6.07 Å². The van der Waals surface area contributed by atoms with Gasteiger partial charge in [0.15, 0.2) is 5.11 Å². The molecule has 1 aromatic heterocycles. The van der Waals surface area contributed by atoms with Crippen molar-refractivity contribution in [3.63, 3.8) is 0 Å². The van der Waals surface area contributed by atoms with Crippen molar-refractivity contribution < 1.29 is 9.47 Å². The van der Waals surface area contributed by atoms with Crippen LogP contribution >= 0.6 is 12.2 Å². The number of thiocarbonyl (C=S) groups is 1. The summed E-state index contributed by atoms with van der Waals surface area (Å²) in [6.45, 7) is 6.91. The SMILES string of the molecule is S=C(NCCCc1ccccc1)Nc1nc(N2CCOCC2)cc(N2CCOCC2)n1. The highest BCUT2D eigenvalue weighted by Gasteiger charge is 2.19. The number of aromatic nitrogens is 2. The lowest BCUT2D eigenvalue weighted by molar-refractivity contribution is 0.122. The zero-order valence-corrected chi connectivity index (χ0v) is 18.6. The van der Waals surface area contributed by atoms with Gasteiger partial charge in [0.1, 0.15) is 11.6 Å². The average Bonchev–Trinajstić information content (AvgIpc) is 2.83. The van der Waals surface area contributed by atoms with Gasteiger partial charge < -0.3 is 29.9 Å². The van der Waals surface area contributed by atoms with E-state index in [0.29, 0.717) is 37.5 Å². The Hall–Kier alpha value is -2.49. The van der Waals surface area contributed by atoms with Crippen LogP contribution in [0.1, 0.15) is 12.0 Å². The van der Waals surface area contributed by atoms with Crippen LogP contribution in [-0.2, 0) is 15.9 Å². The summed E-state index contributed by atoms with van der Waals surface area (Å²) in [6.07, 6.45) is 2.01. The molecule has 4 rings (SSSR count). The number of ether oxygens (including phenoxy) is 2. The van der Waals surface area contributed by atoms with Crippen molar-refractivity contribution in [2.45, 2.75) is 12.8 Å². The maximum Gasteiger partial charge on any atom is 0.232 e. The van der Waals surface area contributed by atoms with E-state index >= 15 is 0 Å². The van der Waals surface area contributed by atoms with E-state index in [-0.39, 0.29) is 0 Å². The fraction of sp³-hybridized carbons (Fsp3) is 0.500. The zero-order valence-electron chi connectivity index (χ0n) is 17.8. The molecule has 0 unspecified atom stereocenters. The minimum atomic E-state index is 0.519. The highest BCUT2D eigenvalue weighted by molar-refractivity contribution is 7.80. The lowest BCUT2D eigenvalue weighted by Gasteiger charge is -2.31. The normalized spacial score (nSPS) is 16.8. The van der Waals surface area contributed by atoms with Crippen LogP contribution in [0.25, 0.3) is 0 Å². The van der Waals surface area contributed by atoms with Gasteiger partial charge in [0, 0.05) is 38.8 Å². The lowest BCUT2D eigenvalue weighted by Crippen LogP contribution is -2.39. The molecule has 3 heterocycles. The van der Waals surface area contributed by atoms with Crippen LogP contribution in [0.2, 0.25) is 0 Å². The Labute approximate surface area is 189 Å². The van der Waals surface area contributed by atoms with E-state index in [9.17, 15) is 0 Å². The third kappa shape index (κ3) is 6.49. The molecule has 0 atom stereocenters. The molecule has 0 amide bonds. The molecule has 9 heteroatoms. The molecule has 0 spiro atoms. The number of nitrogens with one attached hydrogen (secondary N) is 2. The topological polar surface area (TPSA) is 74.8 Å². The second kappa shape index (κ2) is 11.2. The number of benzene rings is 1. The van der Waals surface area contributed by atoms with E-state index in [1.54, 1.807) is 0 Å². The van der Waals surface area contributed by atoms with Crippen LogP contribution in [0.5, 0.6) is 0 Å². The smallest absolute Gasteiger partial charge is 0.232 e. The Bertz CT molecular complexity index is 805. The van der Waals surface area contributed by atoms with Crippen molar-refractivity contribution in [1.82, 2.24) is 15.3 Å². The molecule has 166 valence electrons. The lowest BCUT2D eigenvalue weighted by atomic mass is 10.1. The molecule has 0 saturated carbocycles. The molecule has 31 heavy (non-hydrogen) atoms. The Balaban J connectivity index is 1.37. The van der Waals surface area contributed by atoms with E-state index < -0.39 is 0 Å². The molecule has 2 fully saturated rings. The Morgan fingerprint density at radius 2 is 1.48 bits per heavy atom. The Morgan fingerprint density at radius 1 is 0.903 bits per heavy atom. The van der Waals surface area contributed by atoms with E-state index in [1.165, 1.54) is 5.56 Å². The van der Waals surface area contributed by atoms with Crippen LogP contribution in [0, 0.1) is 0 Å². The standard InChI is InChI=1S/C22H30N6O2S/c31-22(23-8-4-7-18-5-2-1-3-6-18)26-21-24-19(27-9-13-29-14-10-27)17-20(25-21)28-11-15-30-16-12-28/h1-3,5-6,17H,4,7-16H2,(H2,23,24,25,26,31). The third-order valence-corrected chi connectivity index (χ3v) is 5.61. The van der Waals surface area contributed by atoms with E-state index in [2.05, 4.69) is 50.8 Å². The molecule has 0 bridgehead atoms. The molecule has 2 aliphatic heterocycles. The van der Waals surface area contributed by atoms with Crippen LogP contribution in [0.15, 0.2) is 36.4 Å². The Morgan fingerprint density at radius 3 is 2.06 bits per heavy atom. The second-order valence-corrected chi connectivity index (χ2v) is 7.99. The summed E-state index contributed by atoms with van der Waals surface area (Å²) in [6, 6.07) is 12.5. The first-order valence-corrected chi connectivity index (χ1v) is 11.3. The summed E-state index contributed by atoms with van der Waals surface area (Å²) in [5, 5.41) is 7.00. The molecular formula is C22H30N6O2S. The van der Waals surface area contributed by atoms with E-state index in [0.717, 1.165) is 57.2 Å². The van der Waals surface area contributed by atoms with Gasteiger partial charge in [-0.05, 0) is 30.6 Å². The van der Waals surface area contributed by atoms with Gasteiger partial charge in [0.2, 0.25) is 5.95 Å². The molecule has 1 aromatic carbocycles. The number of aryl methyl sites for hydroxylation is 1. The summed E-state index contributed by atoms with van der Waals surface area (Å²) in [5.41, 5.74) is 1.33. The van der Waals surface area contributed by atoms with Gasteiger partial charge in [-0.25, -0.2) is 0 Å². The number of anilines is 3.